The van der Waals surface area contributed by atoms with E-state index in [0.29, 0.717) is 55.1 Å². The Morgan fingerprint density at radius 3 is 2.70 bits per heavy atom. The quantitative estimate of drug-likeness (QED) is 0.0669. The van der Waals surface area contributed by atoms with Crippen LogP contribution in [0.3, 0.4) is 0 Å². The number of nitrogens with zero attached hydrogens (tertiary/aromatic N) is 3. The molecular formula is C20H28N8OS. The molecule has 160 valence electrons. The zero-order chi connectivity index (χ0) is 21.8. The molecule has 1 heterocycles. The van der Waals surface area contributed by atoms with Gasteiger partial charge in [0.15, 0.2) is 16.8 Å². The second kappa shape index (κ2) is 12.5. The Balaban J connectivity index is 2.16. The van der Waals surface area contributed by atoms with Crippen molar-refractivity contribution in [3.05, 3.63) is 35.4 Å². The van der Waals surface area contributed by atoms with Gasteiger partial charge in [0.2, 0.25) is 6.41 Å². The van der Waals surface area contributed by atoms with Crippen molar-refractivity contribution in [3.63, 3.8) is 0 Å². The van der Waals surface area contributed by atoms with Crippen molar-refractivity contribution in [3.8, 4) is 11.8 Å². The minimum absolute atomic E-state index is 0.313. The van der Waals surface area contributed by atoms with Gasteiger partial charge in [-0.05, 0) is 24.1 Å². The molecule has 0 saturated heterocycles. The maximum Gasteiger partial charge on any atom is 0.207 e. The highest BCUT2D eigenvalue weighted by molar-refractivity contribution is 7.99. The van der Waals surface area contributed by atoms with E-state index in [9.17, 15) is 4.79 Å². The molecule has 0 radical (unpaired) electrons. The van der Waals surface area contributed by atoms with Gasteiger partial charge in [0.25, 0.3) is 0 Å². The van der Waals surface area contributed by atoms with Crippen LogP contribution in [0.25, 0.3) is 0 Å². The van der Waals surface area contributed by atoms with Crippen molar-refractivity contribution in [2.24, 2.45) is 11.6 Å². The number of nitrogens with two attached hydrogens (primary N) is 3. The molecule has 30 heavy (non-hydrogen) atoms. The average molecular weight is 429 g/mol. The molecule has 0 unspecified atom stereocenters. The van der Waals surface area contributed by atoms with Gasteiger partial charge in [-0.2, -0.15) is 0 Å². The number of amides is 1. The molecule has 0 spiro atoms. The SMILES string of the molecule is CCCSc1nc(NCCN)c(N)c(N(N)Cc2ccc(C#CCNC=O)cc2)n1. The van der Waals surface area contributed by atoms with Gasteiger partial charge in [-0.15, -0.1) is 0 Å². The minimum atomic E-state index is 0.313. The van der Waals surface area contributed by atoms with Crippen molar-refractivity contribution >= 4 is 35.5 Å². The molecule has 2 rings (SSSR count). The zero-order valence-electron chi connectivity index (χ0n) is 17.0. The molecule has 0 atom stereocenters. The van der Waals surface area contributed by atoms with E-state index in [1.54, 1.807) is 11.8 Å². The molecule has 10 heteroatoms. The molecule has 8 N–H and O–H groups in total. The van der Waals surface area contributed by atoms with Crippen LogP contribution in [-0.2, 0) is 11.3 Å². The fourth-order valence-electron chi connectivity index (χ4n) is 2.44. The van der Waals surface area contributed by atoms with Crippen molar-refractivity contribution in [2.75, 3.05) is 41.4 Å². The van der Waals surface area contributed by atoms with Crippen LogP contribution in [0.2, 0.25) is 0 Å². The molecular weight excluding hydrogens is 400 g/mol. The van der Waals surface area contributed by atoms with E-state index in [-0.39, 0.29) is 0 Å². The zero-order valence-corrected chi connectivity index (χ0v) is 17.8. The molecule has 0 saturated carbocycles. The largest absolute Gasteiger partial charge is 0.393 e. The summed E-state index contributed by atoms with van der Waals surface area (Å²) < 4.78 is 0. The normalized spacial score (nSPS) is 10.1. The number of hydrogen-bond donors (Lipinski definition) is 5. The number of nitrogen functional groups attached to an aromatic ring is 1. The van der Waals surface area contributed by atoms with Crippen LogP contribution in [0.5, 0.6) is 0 Å². The molecule has 1 aromatic carbocycles. The fraction of sp³-hybridized carbons (Fsp3) is 0.350. The lowest BCUT2D eigenvalue weighted by Gasteiger charge is -2.21. The standard InChI is InChI=1S/C20H28N8OS/c1-2-12-30-20-26-18(25-11-9-21)17(22)19(27-20)28(23)13-16-7-5-15(6-8-16)4-3-10-24-14-29/h5-8,14H,2,9-13,21-23H2,1H3,(H,24,29)(H,25,26,27). The van der Waals surface area contributed by atoms with E-state index in [0.717, 1.165) is 23.3 Å². The summed E-state index contributed by atoms with van der Waals surface area (Å²) in [4.78, 5) is 19.3. The number of hydrazine groups is 1. The van der Waals surface area contributed by atoms with Crippen LogP contribution in [0.1, 0.15) is 24.5 Å². The Bertz CT molecular complexity index is 879. The molecule has 2 aromatic rings. The number of hydrogen-bond acceptors (Lipinski definition) is 9. The second-order valence-electron chi connectivity index (χ2n) is 6.28. The topological polar surface area (TPSA) is 148 Å². The van der Waals surface area contributed by atoms with E-state index in [4.69, 9.17) is 17.3 Å². The van der Waals surface area contributed by atoms with Gasteiger partial charge in [-0.3, -0.25) is 9.80 Å². The molecule has 0 fully saturated rings. The lowest BCUT2D eigenvalue weighted by Crippen LogP contribution is -2.32. The van der Waals surface area contributed by atoms with Gasteiger partial charge in [0.1, 0.15) is 5.69 Å². The van der Waals surface area contributed by atoms with E-state index >= 15 is 0 Å². The third-order valence-electron chi connectivity index (χ3n) is 3.86. The lowest BCUT2D eigenvalue weighted by molar-refractivity contribution is -0.109. The second-order valence-corrected chi connectivity index (χ2v) is 7.34. The van der Waals surface area contributed by atoms with Crippen molar-refractivity contribution in [1.82, 2.24) is 15.3 Å². The number of thioether (sulfide) groups is 1. The first-order valence-corrected chi connectivity index (χ1v) is 10.6. The Morgan fingerprint density at radius 2 is 2.03 bits per heavy atom. The van der Waals surface area contributed by atoms with E-state index in [2.05, 4.69) is 39.4 Å². The Labute approximate surface area is 181 Å². The van der Waals surface area contributed by atoms with Gasteiger partial charge in [0, 0.05) is 24.4 Å². The summed E-state index contributed by atoms with van der Waals surface area (Å²) in [6.45, 7) is 3.83. The van der Waals surface area contributed by atoms with Crippen molar-refractivity contribution in [1.29, 1.82) is 0 Å². The van der Waals surface area contributed by atoms with Gasteiger partial charge >= 0.3 is 0 Å². The van der Waals surface area contributed by atoms with E-state index < -0.39 is 0 Å². The van der Waals surface area contributed by atoms with Gasteiger partial charge in [-0.25, -0.2) is 15.8 Å². The number of carbonyl (C=O) groups excluding carboxylic acids is 1. The molecule has 0 aliphatic heterocycles. The van der Waals surface area contributed by atoms with Crippen LogP contribution >= 0.6 is 11.8 Å². The van der Waals surface area contributed by atoms with Crippen LogP contribution in [0.4, 0.5) is 17.3 Å². The predicted molar refractivity (Wildman–Crippen MR) is 123 cm³/mol. The third-order valence-corrected chi connectivity index (χ3v) is 4.92. The van der Waals surface area contributed by atoms with Crippen molar-refractivity contribution < 1.29 is 4.79 Å². The maximum atomic E-state index is 10.2. The summed E-state index contributed by atoms with van der Waals surface area (Å²) in [7, 11) is 0. The smallest absolute Gasteiger partial charge is 0.207 e. The summed E-state index contributed by atoms with van der Waals surface area (Å²) in [5, 5.41) is 7.76. The highest BCUT2D eigenvalue weighted by atomic mass is 32.2. The Hall–Kier alpha value is -3.00. The number of nitrogens with one attached hydrogen (secondary N) is 2. The average Bonchev–Trinajstić information content (AvgIpc) is 2.76. The molecule has 1 amide bonds. The van der Waals surface area contributed by atoms with Gasteiger partial charge < -0.3 is 22.1 Å². The first-order valence-electron chi connectivity index (χ1n) is 9.60. The maximum absolute atomic E-state index is 10.2. The van der Waals surface area contributed by atoms with Gasteiger partial charge in [0.05, 0.1) is 13.1 Å². The van der Waals surface area contributed by atoms with E-state index in [1.807, 2.05) is 24.3 Å². The molecule has 1 aromatic heterocycles. The Morgan fingerprint density at radius 1 is 1.27 bits per heavy atom. The van der Waals surface area contributed by atoms with Crippen molar-refractivity contribution in [2.45, 2.75) is 25.0 Å². The molecule has 0 aliphatic rings. The number of benzene rings is 1. The van der Waals surface area contributed by atoms with Crippen LogP contribution < -0.4 is 33.0 Å². The number of rotatable bonds is 11. The predicted octanol–water partition coefficient (Wildman–Crippen LogP) is 0.909. The highest BCUT2D eigenvalue weighted by Gasteiger charge is 2.16. The molecule has 0 bridgehead atoms. The summed E-state index contributed by atoms with van der Waals surface area (Å²) in [6.07, 6.45) is 1.63. The summed E-state index contributed by atoms with van der Waals surface area (Å²) in [5.74, 6) is 14.0. The summed E-state index contributed by atoms with van der Waals surface area (Å²) >= 11 is 1.55. The highest BCUT2D eigenvalue weighted by Crippen LogP contribution is 2.30. The number of aromatic nitrogens is 2. The number of carbonyl (C=O) groups is 1. The summed E-state index contributed by atoms with van der Waals surface area (Å²) in [5.41, 5.74) is 14.1. The monoisotopic (exact) mass is 428 g/mol. The first-order chi connectivity index (χ1) is 14.6. The molecule has 0 aliphatic carbocycles. The van der Waals surface area contributed by atoms with Crippen LogP contribution in [0, 0.1) is 11.8 Å². The molecule has 9 nitrogen and oxygen atoms in total. The number of anilines is 3. The lowest BCUT2D eigenvalue weighted by atomic mass is 10.1. The third kappa shape index (κ3) is 7.11. The minimum Gasteiger partial charge on any atom is -0.393 e. The van der Waals surface area contributed by atoms with Gasteiger partial charge in [-0.1, -0.05) is 42.7 Å². The summed E-state index contributed by atoms with van der Waals surface area (Å²) in [6, 6.07) is 7.68. The Kier molecular flexibility index (Phi) is 9.73. The van der Waals surface area contributed by atoms with Crippen LogP contribution in [-0.4, -0.2) is 41.8 Å². The first kappa shape index (κ1) is 23.3. The fourth-order valence-corrected chi connectivity index (χ4v) is 3.14. The van der Waals surface area contributed by atoms with E-state index in [1.165, 1.54) is 5.01 Å². The van der Waals surface area contributed by atoms with Crippen LogP contribution in [0.15, 0.2) is 29.4 Å².